The second-order valence-electron chi connectivity index (χ2n) is 6.62. The van der Waals surface area contributed by atoms with Gasteiger partial charge in [0.15, 0.2) is 0 Å². The molecular weight excluding hydrogens is 504 g/mol. The predicted molar refractivity (Wildman–Crippen MR) is 108 cm³/mol. The molecule has 0 N–H and O–H groups in total. The van der Waals surface area contributed by atoms with Crippen LogP contribution in [0.25, 0.3) is 22.1 Å². The van der Waals surface area contributed by atoms with Crippen LogP contribution in [0.3, 0.4) is 0 Å². The SMILES string of the molecule is Cc1cc(-n2cc(C(F)(F)C(F)(F)F)cn2)ccc1-n1cc2cccc(I)c2c1. The summed E-state index contributed by atoms with van der Waals surface area (Å²) >= 11 is 2.26. The van der Waals surface area contributed by atoms with E-state index in [-0.39, 0.29) is 0 Å². The summed E-state index contributed by atoms with van der Waals surface area (Å²) in [7, 11) is 0. The largest absolute Gasteiger partial charge is 0.458 e. The highest BCUT2D eigenvalue weighted by atomic mass is 127. The Balaban J connectivity index is 1.70. The van der Waals surface area contributed by atoms with Crippen LogP contribution in [0.15, 0.2) is 61.2 Å². The van der Waals surface area contributed by atoms with Gasteiger partial charge in [-0.15, -0.1) is 0 Å². The van der Waals surface area contributed by atoms with Crippen molar-refractivity contribution < 1.29 is 22.0 Å². The van der Waals surface area contributed by atoms with Crippen LogP contribution in [-0.4, -0.2) is 20.5 Å². The molecule has 3 nitrogen and oxygen atoms in total. The molecule has 0 unspecified atom stereocenters. The molecule has 9 heteroatoms. The van der Waals surface area contributed by atoms with E-state index in [1.807, 2.05) is 42.1 Å². The lowest BCUT2D eigenvalue weighted by molar-refractivity contribution is -0.289. The number of halogens is 6. The predicted octanol–water partition coefficient (Wildman–Crippen LogP) is 6.38. The number of aromatic nitrogens is 3. The minimum Gasteiger partial charge on any atom is -0.322 e. The Morgan fingerprint density at radius 3 is 2.38 bits per heavy atom. The van der Waals surface area contributed by atoms with Crippen molar-refractivity contribution in [3.63, 3.8) is 0 Å². The topological polar surface area (TPSA) is 22.8 Å². The zero-order valence-corrected chi connectivity index (χ0v) is 17.0. The molecule has 0 saturated carbocycles. The molecule has 29 heavy (non-hydrogen) atoms. The van der Waals surface area contributed by atoms with Gasteiger partial charge in [0.2, 0.25) is 0 Å². The molecule has 0 radical (unpaired) electrons. The third-order valence-electron chi connectivity index (χ3n) is 4.66. The quantitative estimate of drug-likeness (QED) is 0.229. The zero-order chi connectivity index (χ0) is 21.0. The fourth-order valence-electron chi connectivity index (χ4n) is 3.13. The van der Waals surface area contributed by atoms with Crippen LogP contribution in [0.2, 0.25) is 0 Å². The smallest absolute Gasteiger partial charge is 0.322 e. The maximum Gasteiger partial charge on any atom is 0.458 e. The number of fused-ring (bicyclic) bond motifs is 1. The summed E-state index contributed by atoms with van der Waals surface area (Å²) in [6.45, 7) is 1.84. The summed E-state index contributed by atoms with van der Waals surface area (Å²) in [5.74, 6) is -4.96. The number of nitrogens with zero attached hydrogens (tertiary/aromatic N) is 3. The van der Waals surface area contributed by atoms with Gasteiger partial charge in [-0.1, -0.05) is 12.1 Å². The van der Waals surface area contributed by atoms with E-state index in [0.29, 0.717) is 18.1 Å². The molecule has 4 aromatic rings. The van der Waals surface area contributed by atoms with Gasteiger partial charge in [-0.05, 0) is 59.3 Å². The van der Waals surface area contributed by atoms with Crippen LogP contribution in [0, 0.1) is 10.5 Å². The third-order valence-corrected chi connectivity index (χ3v) is 5.60. The van der Waals surface area contributed by atoms with E-state index < -0.39 is 17.7 Å². The maximum atomic E-state index is 13.5. The molecule has 0 atom stereocenters. The highest BCUT2D eigenvalue weighted by Crippen LogP contribution is 2.43. The third kappa shape index (κ3) is 3.41. The highest BCUT2D eigenvalue weighted by Gasteiger charge is 2.59. The summed E-state index contributed by atoms with van der Waals surface area (Å²) in [6, 6.07) is 11.1. The van der Waals surface area contributed by atoms with E-state index in [9.17, 15) is 22.0 Å². The Bertz CT molecular complexity index is 1210. The van der Waals surface area contributed by atoms with E-state index in [1.54, 1.807) is 18.2 Å². The van der Waals surface area contributed by atoms with Crippen molar-refractivity contribution in [2.45, 2.75) is 19.0 Å². The van der Waals surface area contributed by atoms with Crippen molar-refractivity contribution in [3.05, 3.63) is 75.9 Å². The molecule has 0 saturated heterocycles. The first-order chi connectivity index (χ1) is 13.6. The number of rotatable bonds is 3. The molecular formula is C20H13F5IN3. The molecule has 0 aliphatic rings. The van der Waals surface area contributed by atoms with Gasteiger partial charge in [0.05, 0.1) is 17.4 Å². The van der Waals surface area contributed by atoms with Gasteiger partial charge >= 0.3 is 12.1 Å². The van der Waals surface area contributed by atoms with E-state index >= 15 is 0 Å². The fourth-order valence-corrected chi connectivity index (χ4v) is 3.79. The van der Waals surface area contributed by atoms with Crippen molar-refractivity contribution in [2.75, 3.05) is 0 Å². The molecule has 150 valence electrons. The number of alkyl halides is 5. The van der Waals surface area contributed by atoms with Crippen LogP contribution in [0.1, 0.15) is 11.1 Å². The molecule has 0 spiro atoms. The number of hydrogen-bond donors (Lipinski definition) is 0. The van der Waals surface area contributed by atoms with Crippen molar-refractivity contribution >= 4 is 33.4 Å². The Morgan fingerprint density at radius 1 is 0.966 bits per heavy atom. The molecule has 0 bridgehead atoms. The normalized spacial score (nSPS) is 12.7. The lowest BCUT2D eigenvalue weighted by Gasteiger charge is -2.17. The van der Waals surface area contributed by atoms with Gasteiger partial charge in [-0.3, -0.25) is 0 Å². The maximum absolute atomic E-state index is 13.5. The lowest BCUT2D eigenvalue weighted by atomic mass is 10.1. The van der Waals surface area contributed by atoms with Crippen LogP contribution in [-0.2, 0) is 5.92 Å². The van der Waals surface area contributed by atoms with Gasteiger partial charge in [-0.2, -0.15) is 27.1 Å². The van der Waals surface area contributed by atoms with Crippen LogP contribution in [0.5, 0.6) is 0 Å². The Hall–Kier alpha value is -2.43. The van der Waals surface area contributed by atoms with Gasteiger partial charge < -0.3 is 4.57 Å². The highest BCUT2D eigenvalue weighted by molar-refractivity contribution is 14.1. The minimum absolute atomic E-state index is 0.391. The van der Waals surface area contributed by atoms with E-state index in [4.69, 9.17) is 0 Å². The average molecular weight is 517 g/mol. The van der Waals surface area contributed by atoms with Gasteiger partial charge in [0.25, 0.3) is 0 Å². The monoisotopic (exact) mass is 517 g/mol. The lowest BCUT2D eigenvalue weighted by Crippen LogP contribution is -2.33. The first-order valence-corrected chi connectivity index (χ1v) is 9.53. The van der Waals surface area contributed by atoms with E-state index in [1.165, 1.54) is 0 Å². The molecule has 2 heterocycles. The van der Waals surface area contributed by atoms with Gasteiger partial charge in [-0.25, -0.2) is 4.68 Å². The number of aryl methyl sites for hydroxylation is 1. The van der Waals surface area contributed by atoms with Gasteiger partial charge in [0.1, 0.15) is 0 Å². The molecule has 2 aromatic heterocycles. The first kappa shape index (κ1) is 19.9. The van der Waals surface area contributed by atoms with E-state index in [2.05, 4.69) is 27.7 Å². The average Bonchev–Trinajstić information content (AvgIpc) is 3.29. The molecule has 0 fully saturated rings. The van der Waals surface area contributed by atoms with Crippen molar-refractivity contribution in [1.82, 2.24) is 14.3 Å². The summed E-state index contributed by atoms with van der Waals surface area (Å²) < 4.78 is 68.8. The zero-order valence-electron chi connectivity index (χ0n) is 14.9. The van der Waals surface area contributed by atoms with Crippen molar-refractivity contribution in [3.8, 4) is 11.4 Å². The molecule has 4 rings (SSSR count). The van der Waals surface area contributed by atoms with Gasteiger partial charge in [0, 0.05) is 38.6 Å². The standard InChI is InChI=1S/C20H13F5IN3/c1-12-7-15(29-10-14(8-27-29)19(21,22)20(23,24)25)5-6-18(12)28-9-13-3-2-4-17(26)16(13)11-28/h2-11H,1H3. The Kier molecular flexibility index (Phi) is 4.67. The summed E-state index contributed by atoms with van der Waals surface area (Å²) in [5.41, 5.74) is 0.880. The van der Waals surface area contributed by atoms with Crippen molar-refractivity contribution in [1.29, 1.82) is 0 Å². The minimum atomic E-state index is -5.67. The fraction of sp³-hybridized carbons (Fsp3) is 0.150. The summed E-state index contributed by atoms with van der Waals surface area (Å²) in [4.78, 5) is 0. The summed E-state index contributed by atoms with van der Waals surface area (Å²) in [5, 5.41) is 5.86. The second-order valence-corrected chi connectivity index (χ2v) is 7.79. The van der Waals surface area contributed by atoms with Crippen LogP contribution < -0.4 is 0 Å². The first-order valence-electron chi connectivity index (χ1n) is 8.45. The van der Waals surface area contributed by atoms with Crippen LogP contribution in [0.4, 0.5) is 22.0 Å². The van der Waals surface area contributed by atoms with Crippen LogP contribution >= 0.6 is 22.6 Å². The Labute approximate surface area is 175 Å². The molecule has 0 aliphatic heterocycles. The molecule has 0 aliphatic carbocycles. The number of hydrogen-bond acceptors (Lipinski definition) is 1. The van der Waals surface area contributed by atoms with Crippen molar-refractivity contribution in [2.24, 2.45) is 0 Å². The Morgan fingerprint density at radius 2 is 1.72 bits per heavy atom. The summed E-state index contributed by atoms with van der Waals surface area (Å²) in [6.07, 6.45) is -0.454. The molecule has 2 aromatic carbocycles. The number of benzene rings is 2. The van der Waals surface area contributed by atoms with E-state index in [0.717, 1.165) is 30.3 Å². The second kappa shape index (κ2) is 6.82. The molecule has 0 amide bonds.